The second-order valence-corrected chi connectivity index (χ2v) is 6.98. The number of carbonyl (C=O) groups is 2. The summed E-state index contributed by atoms with van der Waals surface area (Å²) in [5.41, 5.74) is 0. The summed E-state index contributed by atoms with van der Waals surface area (Å²) < 4.78 is 5.63. The van der Waals surface area contributed by atoms with E-state index in [1.807, 2.05) is 4.90 Å². The van der Waals surface area contributed by atoms with E-state index in [4.69, 9.17) is 27.9 Å². The molecule has 0 bridgehead atoms. The summed E-state index contributed by atoms with van der Waals surface area (Å²) >= 11 is 11.5. The van der Waals surface area contributed by atoms with Crippen LogP contribution in [0.15, 0.2) is 24.3 Å². The van der Waals surface area contributed by atoms with Gasteiger partial charge in [-0.3, -0.25) is 9.59 Å². The van der Waals surface area contributed by atoms with E-state index >= 15 is 0 Å². The molecular formula is C18H24Cl2N2O3. The van der Waals surface area contributed by atoms with Crippen LogP contribution in [0, 0.1) is 0 Å². The molecule has 138 valence electrons. The van der Waals surface area contributed by atoms with Crippen molar-refractivity contribution in [3.63, 3.8) is 0 Å². The quantitative estimate of drug-likeness (QED) is 0.731. The smallest absolute Gasteiger partial charge is 0.260 e. The number of likely N-dealkylation sites (tertiary alicyclic amines) is 1. The zero-order valence-corrected chi connectivity index (χ0v) is 15.9. The number of ether oxygens (including phenoxy) is 1. The highest BCUT2D eigenvalue weighted by atomic mass is 35.5. The van der Waals surface area contributed by atoms with Crippen LogP contribution in [-0.2, 0) is 9.59 Å². The van der Waals surface area contributed by atoms with Crippen molar-refractivity contribution in [1.82, 2.24) is 10.2 Å². The first-order valence-electron chi connectivity index (χ1n) is 8.56. The van der Waals surface area contributed by atoms with Crippen molar-refractivity contribution < 1.29 is 14.3 Å². The minimum atomic E-state index is -0.593. The number of nitrogens with one attached hydrogen (secondary N) is 1. The van der Waals surface area contributed by atoms with Crippen LogP contribution in [0.1, 0.15) is 32.6 Å². The van der Waals surface area contributed by atoms with Gasteiger partial charge in [0.15, 0.2) is 6.10 Å². The monoisotopic (exact) mass is 386 g/mol. The van der Waals surface area contributed by atoms with Gasteiger partial charge in [0, 0.05) is 36.5 Å². The lowest BCUT2D eigenvalue weighted by molar-refractivity contribution is -0.132. The van der Waals surface area contributed by atoms with Crippen molar-refractivity contribution >= 4 is 35.0 Å². The molecule has 0 radical (unpaired) electrons. The van der Waals surface area contributed by atoms with E-state index in [1.54, 1.807) is 31.2 Å². The highest BCUT2D eigenvalue weighted by molar-refractivity contribution is 6.30. The van der Waals surface area contributed by atoms with Gasteiger partial charge in [0.2, 0.25) is 5.91 Å². The third-order valence-corrected chi connectivity index (χ3v) is 4.73. The molecule has 0 aliphatic carbocycles. The van der Waals surface area contributed by atoms with Crippen LogP contribution in [0.2, 0.25) is 5.02 Å². The van der Waals surface area contributed by atoms with Crippen molar-refractivity contribution in [3.05, 3.63) is 29.3 Å². The first kappa shape index (κ1) is 19.9. The number of rotatable bonds is 7. The van der Waals surface area contributed by atoms with E-state index < -0.39 is 6.10 Å². The van der Waals surface area contributed by atoms with Gasteiger partial charge in [0.25, 0.3) is 5.91 Å². The van der Waals surface area contributed by atoms with Crippen LogP contribution in [0.4, 0.5) is 0 Å². The summed E-state index contributed by atoms with van der Waals surface area (Å²) in [6, 6.07) is 6.98. The molecule has 1 saturated heterocycles. The fraction of sp³-hybridized carbons (Fsp3) is 0.556. The molecule has 1 unspecified atom stereocenters. The number of hydrogen-bond donors (Lipinski definition) is 1. The molecule has 1 aliphatic rings. The third-order valence-electron chi connectivity index (χ3n) is 4.21. The maximum atomic E-state index is 12.3. The maximum Gasteiger partial charge on any atom is 0.260 e. The number of hydrogen-bond acceptors (Lipinski definition) is 3. The summed E-state index contributed by atoms with van der Waals surface area (Å²) in [5.74, 6) is 1.10. The molecule has 2 rings (SSSR count). The normalized spacial score (nSPS) is 16.4. The molecule has 1 fully saturated rings. The van der Waals surface area contributed by atoms with Gasteiger partial charge in [-0.25, -0.2) is 0 Å². The Morgan fingerprint density at radius 3 is 2.52 bits per heavy atom. The number of nitrogens with zero attached hydrogens (tertiary/aromatic N) is 1. The number of carbonyl (C=O) groups excluding carboxylic acids is 2. The molecule has 1 aliphatic heterocycles. The van der Waals surface area contributed by atoms with Crippen molar-refractivity contribution in [2.45, 2.75) is 44.8 Å². The Hall–Kier alpha value is -1.46. The van der Waals surface area contributed by atoms with Gasteiger partial charge in [-0.15, -0.1) is 11.6 Å². The van der Waals surface area contributed by atoms with Crippen LogP contribution < -0.4 is 10.1 Å². The Morgan fingerprint density at radius 1 is 1.28 bits per heavy atom. The van der Waals surface area contributed by atoms with E-state index in [0.29, 0.717) is 42.6 Å². The molecule has 1 aromatic carbocycles. The molecular weight excluding hydrogens is 363 g/mol. The summed E-state index contributed by atoms with van der Waals surface area (Å²) in [4.78, 5) is 26.1. The standard InChI is InChI=1S/C18H24Cl2N2O3/c1-13(25-16-6-4-14(20)5-7-16)18(24)21-15-8-11-22(12-9-15)17(23)3-2-10-19/h4-7,13,15H,2-3,8-12H2,1H3,(H,21,24). The van der Waals surface area contributed by atoms with E-state index in [-0.39, 0.29) is 17.9 Å². The number of benzene rings is 1. The van der Waals surface area contributed by atoms with Crippen LogP contribution in [0.5, 0.6) is 5.75 Å². The Kier molecular flexibility index (Phi) is 7.85. The molecule has 1 aromatic rings. The zero-order chi connectivity index (χ0) is 18.2. The Balaban J connectivity index is 1.74. The number of halogens is 2. The zero-order valence-electron chi connectivity index (χ0n) is 14.3. The Labute approximate surface area is 158 Å². The van der Waals surface area contributed by atoms with Crippen LogP contribution in [0.3, 0.4) is 0 Å². The maximum absolute atomic E-state index is 12.3. The minimum absolute atomic E-state index is 0.0702. The predicted octanol–water partition coefficient (Wildman–Crippen LogP) is 3.23. The van der Waals surface area contributed by atoms with Gasteiger partial charge in [0.05, 0.1) is 0 Å². The molecule has 2 amide bonds. The fourth-order valence-corrected chi connectivity index (χ4v) is 3.00. The first-order valence-corrected chi connectivity index (χ1v) is 9.47. The van der Waals surface area contributed by atoms with Gasteiger partial charge in [-0.1, -0.05) is 11.6 Å². The molecule has 5 nitrogen and oxygen atoms in total. The van der Waals surface area contributed by atoms with Gasteiger partial charge < -0.3 is 15.0 Å². The van der Waals surface area contributed by atoms with Gasteiger partial charge in [-0.2, -0.15) is 0 Å². The van der Waals surface area contributed by atoms with Crippen molar-refractivity contribution in [1.29, 1.82) is 0 Å². The number of piperidine rings is 1. The van der Waals surface area contributed by atoms with Crippen molar-refractivity contribution in [2.24, 2.45) is 0 Å². The van der Waals surface area contributed by atoms with E-state index in [0.717, 1.165) is 12.8 Å². The average molecular weight is 387 g/mol. The second kappa shape index (κ2) is 9.88. The second-order valence-electron chi connectivity index (χ2n) is 6.17. The van der Waals surface area contributed by atoms with Crippen molar-refractivity contribution in [2.75, 3.05) is 19.0 Å². The van der Waals surface area contributed by atoms with Gasteiger partial charge in [-0.05, 0) is 50.5 Å². The summed E-state index contributed by atoms with van der Waals surface area (Å²) in [7, 11) is 0. The van der Waals surface area contributed by atoms with Crippen LogP contribution in [-0.4, -0.2) is 47.8 Å². The summed E-state index contributed by atoms with van der Waals surface area (Å²) in [6.07, 6.45) is 2.12. The molecule has 0 spiro atoms. The van der Waals surface area contributed by atoms with E-state index in [2.05, 4.69) is 5.32 Å². The lowest BCUT2D eigenvalue weighted by Crippen LogP contribution is -2.49. The molecule has 1 heterocycles. The lowest BCUT2D eigenvalue weighted by atomic mass is 10.0. The fourth-order valence-electron chi connectivity index (χ4n) is 2.74. The molecule has 0 saturated carbocycles. The molecule has 1 atom stereocenters. The van der Waals surface area contributed by atoms with E-state index in [1.165, 1.54) is 0 Å². The molecule has 1 N–H and O–H groups in total. The van der Waals surface area contributed by atoms with Gasteiger partial charge in [0.1, 0.15) is 5.75 Å². The molecule has 7 heteroatoms. The first-order chi connectivity index (χ1) is 12.0. The number of alkyl halides is 1. The predicted molar refractivity (Wildman–Crippen MR) is 99.2 cm³/mol. The summed E-state index contributed by atoms with van der Waals surface area (Å²) in [5, 5.41) is 3.63. The lowest BCUT2D eigenvalue weighted by Gasteiger charge is -2.33. The number of amides is 2. The highest BCUT2D eigenvalue weighted by Crippen LogP contribution is 2.17. The highest BCUT2D eigenvalue weighted by Gasteiger charge is 2.25. The largest absolute Gasteiger partial charge is 0.481 e. The van der Waals surface area contributed by atoms with Crippen LogP contribution >= 0.6 is 23.2 Å². The minimum Gasteiger partial charge on any atom is -0.481 e. The molecule has 0 aromatic heterocycles. The third kappa shape index (κ3) is 6.40. The average Bonchev–Trinajstić information content (AvgIpc) is 2.62. The Bertz CT molecular complexity index is 572. The topological polar surface area (TPSA) is 58.6 Å². The van der Waals surface area contributed by atoms with Gasteiger partial charge >= 0.3 is 0 Å². The SMILES string of the molecule is CC(Oc1ccc(Cl)cc1)C(=O)NC1CCN(C(=O)CCCCl)CC1. The van der Waals surface area contributed by atoms with E-state index in [9.17, 15) is 9.59 Å². The molecule has 25 heavy (non-hydrogen) atoms. The Morgan fingerprint density at radius 2 is 1.92 bits per heavy atom. The van der Waals surface area contributed by atoms with Crippen molar-refractivity contribution in [3.8, 4) is 5.75 Å². The van der Waals surface area contributed by atoms with Crippen LogP contribution in [0.25, 0.3) is 0 Å². The summed E-state index contributed by atoms with van der Waals surface area (Å²) in [6.45, 7) is 3.05.